The molecule has 7 heteroatoms. The Hall–Kier alpha value is -1.79. The summed E-state index contributed by atoms with van der Waals surface area (Å²) in [4.78, 5) is 11.0. The summed E-state index contributed by atoms with van der Waals surface area (Å²) in [5.41, 5.74) is 0.128. The highest BCUT2D eigenvalue weighted by molar-refractivity contribution is 5.89. The molecule has 1 rings (SSSR count). The van der Waals surface area contributed by atoms with Gasteiger partial charge in [0.1, 0.15) is 12.4 Å². The summed E-state index contributed by atoms with van der Waals surface area (Å²) in [5, 5.41) is 3.57. The summed E-state index contributed by atoms with van der Waals surface area (Å²) in [6.45, 7) is 0.0143. The number of halogens is 4. The maximum Gasteiger partial charge on any atom is 0.405 e. The molecule has 0 spiro atoms. The van der Waals surface area contributed by atoms with Gasteiger partial charge in [-0.15, -0.1) is 0 Å². The fourth-order valence-corrected chi connectivity index (χ4v) is 1.09. The highest BCUT2D eigenvalue weighted by Crippen LogP contribution is 2.17. The molecule has 2 N–H and O–H groups in total. The SMILES string of the molecule is Cc1cccc(NC(=O)NCC(F)(F)F)c1F. The summed E-state index contributed by atoms with van der Waals surface area (Å²) in [5.74, 6) is -0.672. The fourth-order valence-electron chi connectivity index (χ4n) is 1.09. The Morgan fingerprint density at radius 1 is 1.35 bits per heavy atom. The van der Waals surface area contributed by atoms with E-state index in [1.807, 2.05) is 5.32 Å². The molecule has 2 amide bonds. The molecular weight excluding hydrogens is 240 g/mol. The van der Waals surface area contributed by atoms with Crippen LogP contribution in [0.1, 0.15) is 5.56 Å². The number of urea groups is 1. The van der Waals surface area contributed by atoms with Gasteiger partial charge in [0.25, 0.3) is 0 Å². The van der Waals surface area contributed by atoms with Crippen molar-refractivity contribution in [1.82, 2.24) is 5.32 Å². The number of benzene rings is 1. The number of hydrogen-bond acceptors (Lipinski definition) is 1. The monoisotopic (exact) mass is 250 g/mol. The second kappa shape index (κ2) is 5.03. The van der Waals surface area contributed by atoms with E-state index in [9.17, 15) is 22.4 Å². The Morgan fingerprint density at radius 2 is 2.00 bits per heavy atom. The Balaban J connectivity index is 2.60. The standard InChI is InChI=1S/C10H10F4N2O/c1-6-3-2-4-7(8(6)11)16-9(17)15-5-10(12,13)14/h2-4H,5H2,1H3,(H2,15,16,17). The zero-order valence-corrected chi connectivity index (χ0v) is 8.86. The normalized spacial score (nSPS) is 11.1. The molecule has 0 atom stereocenters. The third-order valence-electron chi connectivity index (χ3n) is 1.89. The molecule has 17 heavy (non-hydrogen) atoms. The van der Waals surface area contributed by atoms with Crippen molar-refractivity contribution in [3.05, 3.63) is 29.6 Å². The van der Waals surface area contributed by atoms with Crippen molar-refractivity contribution in [3.8, 4) is 0 Å². The van der Waals surface area contributed by atoms with Crippen molar-refractivity contribution >= 4 is 11.7 Å². The minimum absolute atomic E-state index is 0.162. The molecule has 1 aromatic carbocycles. The van der Waals surface area contributed by atoms with Crippen LogP contribution in [-0.4, -0.2) is 18.8 Å². The van der Waals surface area contributed by atoms with Gasteiger partial charge in [-0.2, -0.15) is 13.2 Å². The zero-order valence-electron chi connectivity index (χ0n) is 8.86. The van der Waals surface area contributed by atoms with Crippen LogP contribution in [-0.2, 0) is 0 Å². The van der Waals surface area contributed by atoms with Gasteiger partial charge in [0.15, 0.2) is 0 Å². The number of carbonyl (C=O) groups is 1. The van der Waals surface area contributed by atoms with E-state index in [2.05, 4.69) is 0 Å². The number of alkyl halides is 3. The lowest BCUT2D eigenvalue weighted by atomic mass is 10.2. The van der Waals surface area contributed by atoms with E-state index in [1.54, 1.807) is 5.32 Å². The Morgan fingerprint density at radius 3 is 2.59 bits per heavy atom. The Bertz CT molecular complexity index is 417. The van der Waals surface area contributed by atoms with E-state index in [0.29, 0.717) is 5.56 Å². The molecule has 1 aromatic rings. The molecule has 0 saturated heterocycles. The molecule has 0 unspecified atom stereocenters. The molecule has 0 bridgehead atoms. The Labute approximate surface area is 94.8 Å². The van der Waals surface area contributed by atoms with E-state index < -0.39 is 24.6 Å². The summed E-state index contributed by atoms with van der Waals surface area (Å²) in [7, 11) is 0. The topological polar surface area (TPSA) is 41.1 Å². The average Bonchev–Trinajstić information content (AvgIpc) is 2.21. The van der Waals surface area contributed by atoms with E-state index in [4.69, 9.17) is 0 Å². The first-order valence-corrected chi connectivity index (χ1v) is 4.66. The van der Waals surface area contributed by atoms with Gasteiger partial charge in [-0.3, -0.25) is 0 Å². The zero-order chi connectivity index (χ0) is 13.1. The number of carbonyl (C=O) groups excluding carboxylic acids is 1. The minimum atomic E-state index is -4.50. The lowest BCUT2D eigenvalue weighted by Crippen LogP contribution is -2.36. The molecule has 0 heterocycles. The van der Waals surface area contributed by atoms with Gasteiger partial charge in [-0.1, -0.05) is 12.1 Å². The van der Waals surface area contributed by atoms with Crippen LogP contribution >= 0.6 is 0 Å². The summed E-state index contributed by atoms with van der Waals surface area (Å²) >= 11 is 0. The molecule has 0 fully saturated rings. The first kappa shape index (κ1) is 13.3. The minimum Gasteiger partial charge on any atom is -0.329 e. The number of aryl methyl sites for hydroxylation is 1. The maximum absolute atomic E-state index is 13.4. The third kappa shape index (κ3) is 4.29. The third-order valence-corrected chi connectivity index (χ3v) is 1.89. The van der Waals surface area contributed by atoms with Gasteiger partial charge in [0.2, 0.25) is 0 Å². The van der Waals surface area contributed by atoms with Gasteiger partial charge >= 0.3 is 12.2 Å². The number of nitrogens with one attached hydrogen (secondary N) is 2. The first-order valence-electron chi connectivity index (χ1n) is 4.66. The van der Waals surface area contributed by atoms with Crippen molar-refractivity contribution in [1.29, 1.82) is 0 Å². The van der Waals surface area contributed by atoms with Crippen LogP contribution in [0.15, 0.2) is 18.2 Å². The van der Waals surface area contributed by atoms with E-state index in [0.717, 1.165) is 0 Å². The lowest BCUT2D eigenvalue weighted by Gasteiger charge is -2.10. The number of amides is 2. The quantitative estimate of drug-likeness (QED) is 0.778. The predicted octanol–water partition coefficient (Wildman–Crippen LogP) is 2.82. The largest absolute Gasteiger partial charge is 0.405 e. The van der Waals surface area contributed by atoms with Crippen molar-refractivity contribution in [2.24, 2.45) is 0 Å². The molecule has 0 aliphatic carbocycles. The van der Waals surface area contributed by atoms with Gasteiger partial charge < -0.3 is 10.6 Å². The second-order valence-corrected chi connectivity index (χ2v) is 3.36. The van der Waals surface area contributed by atoms with Crippen LogP contribution < -0.4 is 10.6 Å². The van der Waals surface area contributed by atoms with E-state index in [-0.39, 0.29) is 5.69 Å². The highest BCUT2D eigenvalue weighted by Gasteiger charge is 2.27. The average molecular weight is 250 g/mol. The highest BCUT2D eigenvalue weighted by atomic mass is 19.4. The van der Waals surface area contributed by atoms with Crippen molar-refractivity contribution in [2.75, 3.05) is 11.9 Å². The van der Waals surface area contributed by atoms with Crippen LogP contribution in [0, 0.1) is 12.7 Å². The summed E-state index contributed by atoms with van der Waals surface area (Å²) < 4.78 is 48.7. The second-order valence-electron chi connectivity index (χ2n) is 3.36. The van der Waals surface area contributed by atoms with Gasteiger partial charge in [0.05, 0.1) is 5.69 Å². The number of hydrogen-bond donors (Lipinski definition) is 2. The van der Waals surface area contributed by atoms with Gasteiger partial charge in [-0.05, 0) is 18.6 Å². The summed E-state index contributed by atoms with van der Waals surface area (Å²) in [6.07, 6.45) is -4.50. The van der Waals surface area contributed by atoms with Crippen LogP contribution in [0.2, 0.25) is 0 Å². The molecule has 0 radical (unpaired) electrons. The van der Waals surface area contributed by atoms with Crippen LogP contribution in [0.4, 0.5) is 28.0 Å². The smallest absolute Gasteiger partial charge is 0.329 e. The predicted molar refractivity (Wildman–Crippen MR) is 54.2 cm³/mol. The number of rotatable bonds is 2. The first-order chi connectivity index (χ1) is 7.79. The molecule has 0 saturated carbocycles. The van der Waals surface area contributed by atoms with Crippen LogP contribution in [0.3, 0.4) is 0 Å². The van der Waals surface area contributed by atoms with E-state index >= 15 is 0 Å². The van der Waals surface area contributed by atoms with Crippen molar-refractivity contribution < 1.29 is 22.4 Å². The van der Waals surface area contributed by atoms with Crippen LogP contribution in [0.5, 0.6) is 0 Å². The lowest BCUT2D eigenvalue weighted by molar-refractivity contribution is -0.122. The molecule has 94 valence electrons. The van der Waals surface area contributed by atoms with Crippen molar-refractivity contribution in [2.45, 2.75) is 13.1 Å². The maximum atomic E-state index is 13.4. The fraction of sp³-hybridized carbons (Fsp3) is 0.300. The van der Waals surface area contributed by atoms with E-state index in [1.165, 1.54) is 25.1 Å². The molecule has 0 aliphatic rings. The molecule has 0 aromatic heterocycles. The van der Waals surface area contributed by atoms with Gasteiger partial charge in [-0.25, -0.2) is 9.18 Å². The number of anilines is 1. The van der Waals surface area contributed by atoms with Gasteiger partial charge in [0, 0.05) is 0 Å². The van der Waals surface area contributed by atoms with Crippen molar-refractivity contribution in [3.63, 3.8) is 0 Å². The Kier molecular flexibility index (Phi) is 3.93. The summed E-state index contributed by atoms with van der Waals surface area (Å²) in [6, 6.07) is 3.12. The molecule has 0 aliphatic heterocycles. The molecule has 3 nitrogen and oxygen atoms in total. The molecular formula is C10H10F4N2O. The van der Waals surface area contributed by atoms with Crippen LogP contribution in [0.25, 0.3) is 0 Å².